The molecule has 4 rings (SSSR count). The minimum atomic E-state index is -1.02. The third-order valence-electron chi connectivity index (χ3n) is 4.99. The van der Waals surface area contributed by atoms with Crippen LogP contribution in [0, 0.1) is 12.7 Å². The summed E-state index contributed by atoms with van der Waals surface area (Å²) in [7, 11) is 0. The Morgan fingerprint density at radius 3 is 2.50 bits per heavy atom. The minimum absolute atomic E-state index is 0.117. The van der Waals surface area contributed by atoms with Crippen LogP contribution in [0.25, 0.3) is 5.76 Å². The largest absolute Gasteiger partial charge is 0.507 e. The van der Waals surface area contributed by atoms with Gasteiger partial charge in [-0.2, -0.15) is 0 Å². The summed E-state index contributed by atoms with van der Waals surface area (Å²) in [4.78, 5) is 27.1. The highest BCUT2D eigenvalue weighted by atomic mass is 19.1. The molecule has 2 heterocycles. The number of ether oxygens (including phenoxy) is 1. The number of nitrogens with zero attached hydrogens (tertiary/aromatic N) is 2. The molecule has 1 aliphatic heterocycles. The molecule has 8 heteroatoms. The number of aliphatic hydroxyl groups is 1. The van der Waals surface area contributed by atoms with Crippen molar-refractivity contribution in [2.24, 2.45) is 0 Å². The second kappa shape index (κ2) is 8.50. The number of ketones is 1. The lowest BCUT2D eigenvalue weighted by Crippen LogP contribution is -2.29. The molecule has 162 valence electrons. The first-order chi connectivity index (χ1) is 15.4. The number of aromatic nitrogens is 1. The number of benzene rings is 2. The number of halogens is 1. The zero-order chi connectivity index (χ0) is 22.8. The molecule has 1 N–H and O–H groups in total. The van der Waals surface area contributed by atoms with Crippen LogP contribution in [0.1, 0.15) is 22.9 Å². The van der Waals surface area contributed by atoms with Crippen molar-refractivity contribution in [2.75, 3.05) is 11.5 Å². The van der Waals surface area contributed by atoms with Crippen LogP contribution in [-0.2, 0) is 9.59 Å². The van der Waals surface area contributed by atoms with E-state index in [-0.39, 0.29) is 17.2 Å². The van der Waals surface area contributed by atoms with Gasteiger partial charge in [-0.3, -0.25) is 14.5 Å². The Morgan fingerprint density at radius 2 is 1.91 bits per heavy atom. The predicted molar refractivity (Wildman–Crippen MR) is 115 cm³/mol. The monoisotopic (exact) mass is 434 g/mol. The fraction of sp³-hybridized carbons (Fsp3) is 0.125. The molecule has 0 radical (unpaired) electrons. The number of carbonyl (C=O) groups excluding carboxylic acids is 2. The molecule has 0 saturated carbocycles. The molecule has 1 atom stereocenters. The number of hydrogen-bond acceptors (Lipinski definition) is 6. The van der Waals surface area contributed by atoms with Gasteiger partial charge in [-0.25, -0.2) is 4.39 Å². The highest BCUT2D eigenvalue weighted by Crippen LogP contribution is 2.42. The van der Waals surface area contributed by atoms with Crippen LogP contribution in [0.2, 0.25) is 0 Å². The van der Waals surface area contributed by atoms with E-state index in [2.05, 4.69) is 11.7 Å². The normalized spacial score (nSPS) is 17.6. The third-order valence-corrected chi connectivity index (χ3v) is 4.99. The Balaban J connectivity index is 1.84. The van der Waals surface area contributed by atoms with Gasteiger partial charge in [-0.1, -0.05) is 29.9 Å². The van der Waals surface area contributed by atoms with Crippen LogP contribution >= 0.6 is 0 Å². The van der Waals surface area contributed by atoms with E-state index in [1.807, 2.05) is 0 Å². The van der Waals surface area contributed by atoms with Crippen LogP contribution < -0.4 is 9.64 Å². The van der Waals surface area contributed by atoms with Gasteiger partial charge in [0.15, 0.2) is 5.82 Å². The molecule has 0 unspecified atom stereocenters. The van der Waals surface area contributed by atoms with Gasteiger partial charge >= 0.3 is 5.91 Å². The predicted octanol–water partition coefficient (Wildman–Crippen LogP) is 4.31. The molecule has 0 aliphatic carbocycles. The number of hydrogen-bond donors (Lipinski definition) is 1. The van der Waals surface area contributed by atoms with E-state index in [0.29, 0.717) is 29.2 Å². The lowest BCUT2D eigenvalue weighted by molar-refractivity contribution is -0.132. The molecular weight excluding hydrogens is 415 g/mol. The van der Waals surface area contributed by atoms with Gasteiger partial charge in [0.1, 0.15) is 29.7 Å². The Hall–Kier alpha value is -4.20. The first-order valence-corrected chi connectivity index (χ1v) is 9.74. The van der Waals surface area contributed by atoms with Gasteiger partial charge in [0.05, 0.1) is 11.6 Å². The number of aliphatic hydroxyl groups excluding tert-OH is 1. The summed E-state index contributed by atoms with van der Waals surface area (Å²) < 4.78 is 24.1. The van der Waals surface area contributed by atoms with E-state index < -0.39 is 23.5 Å². The van der Waals surface area contributed by atoms with E-state index in [4.69, 9.17) is 9.26 Å². The summed E-state index contributed by atoms with van der Waals surface area (Å²) in [6.45, 7) is 5.55. The lowest BCUT2D eigenvalue weighted by Gasteiger charge is -2.22. The minimum Gasteiger partial charge on any atom is -0.507 e. The van der Waals surface area contributed by atoms with E-state index in [9.17, 15) is 19.1 Å². The number of rotatable bonds is 6. The van der Waals surface area contributed by atoms with Crippen LogP contribution in [0.15, 0.2) is 77.3 Å². The number of anilines is 1. The van der Waals surface area contributed by atoms with Crippen LogP contribution in [0.4, 0.5) is 10.2 Å². The maximum absolute atomic E-state index is 13.5. The standard InChI is InChI=1S/C24H19FN2O5/c1-3-12-31-18-10-6-16(7-11-18)22(28)20-21(15-4-8-17(25)9-5-15)27(24(30)23(20)29)19-13-14(2)32-26-19/h3-11,13,21,28H,1,12H2,2H3/t21-/m0/s1. The number of Topliss-reactive ketones (excluding diaryl/α,β-unsaturated/α-hetero) is 1. The Bertz CT molecular complexity index is 1210. The average molecular weight is 434 g/mol. The van der Waals surface area contributed by atoms with E-state index in [1.165, 1.54) is 30.3 Å². The number of aryl methyl sites for hydroxylation is 1. The van der Waals surface area contributed by atoms with Gasteiger partial charge in [0, 0.05) is 11.6 Å². The molecule has 3 aromatic rings. The van der Waals surface area contributed by atoms with Gasteiger partial charge in [-0.15, -0.1) is 0 Å². The van der Waals surface area contributed by atoms with Crippen molar-refractivity contribution in [3.05, 3.63) is 95.5 Å². The highest BCUT2D eigenvalue weighted by molar-refractivity contribution is 6.51. The SMILES string of the molecule is C=CCOc1ccc(C(O)=C2C(=O)C(=O)N(c3cc(C)on3)[C@H]2c2ccc(F)cc2)cc1. The van der Waals surface area contributed by atoms with Crippen molar-refractivity contribution in [1.29, 1.82) is 0 Å². The van der Waals surface area contributed by atoms with Gasteiger partial charge in [-0.05, 0) is 48.9 Å². The second-order valence-electron chi connectivity index (χ2n) is 7.14. The molecule has 0 bridgehead atoms. The fourth-order valence-corrected chi connectivity index (χ4v) is 3.52. The van der Waals surface area contributed by atoms with Crippen molar-refractivity contribution in [3.63, 3.8) is 0 Å². The topological polar surface area (TPSA) is 92.9 Å². The van der Waals surface area contributed by atoms with E-state index >= 15 is 0 Å². The van der Waals surface area contributed by atoms with Crippen LogP contribution in [0.5, 0.6) is 5.75 Å². The molecule has 2 aromatic carbocycles. The first-order valence-electron chi connectivity index (χ1n) is 9.74. The Morgan fingerprint density at radius 1 is 1.22 bits per heavy atom. The molecule has 1 fully saturated rings. The molecule has 1 amide bonds. The summed E-state index contributed by atoms with van der Waals surface area (Å²) >= 11 is 0. The maximum atomic E-state index is 13.5. The van der Waals surface area contributed by atoms with E-state index in [0.717, 1.165) is 4.90 Å². The Labute approximate surface area is 183 Å². The summed E-state index contributed by atoms with van der Waals surface area (Å²) in [5, 5.41) is 14.9. The smallest absolute Gasteiger partial charge is 0.301 e. The first kappa shape index (κ1) is 21.0. The summed E-state index contributed by atoms with van der Waals surface area (Å²) in [5.41, 5.74) is 0.609. The molecule has 1 aromatic heterocycles. The van der Waals surface area contributed by atoms with Crippen molar-refractivity contribution in [2.45, 2.75) is 13.0 Å². The summed E-state index contributed by atoms with van der Waals surface area (Å²) in [6.07, 6.45) is 1.60. The summed E-state index contributed by atoms with van der Waals surface area (Å²) in [6, 6.07) is 12.2. The lowest BCUT2D eigenvalue weighted by atomic mass is 9.95. The summed E-state index contributed by atoms with van der Waals surface area (Å²) in [5.74, 6) is -1.49. The molecule has 7 nitrogen and oxygen atoms in total. The molecule has 1 aliphatic rings. The average Bonchev–Trinajstić information content (AvgIpc) is 3.33. The van der Waals surface area contributed by atoms with Crippen molar-refractivity contribution in [3.8, 4) is 5.75 Å². The molecule has 1 saturated heterocycles. The van der Waals surface area contributed by atoms with Gasteiger partial charge < -0.3 is 14.4 Å². The number of amides is 1. The molecule has 0 spiro atoms. The van der Waals surface area contributed by atoms with Crippen molar-refractivity contribution in [1.82, 2.24) is 5.16 Å². The fourth-order valence-electron chi connectivity index (χ4n) is 3.52. The quantitative estimate of drug-likeness (QED) is 0.269. The van der Waals surface area contributed by atoms with Crippen LogP contribution in [-0.4, -0.2) is 28.6 Å². The third kappa shape index (κ3) is 3.78. The van der Waals surface area contributed by atoms with E-state index in [1.54, 1.807) is 37.3 Å². The van der Waals surface area contributed by atoms with Crippen molar-refractivity contribution >= 4 is 23.3 Å². The van der Waals surface area contributed by atoms with Crippen LogP contribution in [0.3, 0.4) is 0 Å². The maximum Gasteiger partial charge on any atom is 0.301 e. The van der Waals surface area contributed by atoms with Crippen molar-refractivity contribution < 1.29 is 28.3 Å². The molecular formula is C24H19FN2O5. The second-order valence-corrected chi connectivity index (χ2v) is 7.14. The van der Waals surface area contributed by atoms with Gasteiger partial charge in [0.2, 0.25) is 0 Å². The zero-order valence-corrected chi connectivity index (χ0v) is 17.1. The number of carbonyl (C=O) groups is 2. The zero-order valence-electron chi connectivity index (χ0n) is 17.1. The molecule has 32 heavy (non-hydrogen) atoms. The Kier molecular flexibility index (Phi) is 5.59. The highest BCUT2D eigenvalue weighted by Gasteiger charge is 2.48. The van der Waals surface area contributed by atoms with Gasteiger partial charge in [0.25, 0.3) is 5.78 Å².